The molecular formula is C14H13N3O3. The summed E-state index contributed by atoms with van der Waals surface area (Å²) in [5, 5.41) is 17.6. The van der Waals surface area contributed by atoms with Crippen molar-refractivity contribution >= 4 is 16.9 Å². The molecule has 2 heterocycles. The van der Waals surface area contributed by atoms with Gasteiger partial charge in [0.05, 0.1) is 12.0 Å². The third-order valence-corrected chi connectivity index (χ3v) is 3.13. The molecule has 2 aromatic heterocycles. The number of aryl methyl sites for hydroxylation is 2. The molecule has 0 spiro atoms. The van der Waals surface area contributed by atoms with Gasteiger partial charge in [-0.2, -0.15) is 0 Å². The normalized spacial score (nSPS) is 11.1. The predicted octanol–water partition coefficient (Wildman–Crippen LogP) is 2.54. The van der Waals surface area contributed by atoms with Crippen molar-refractivity contribution in [1.82, 2.24) is 15.2 Å². The van der Waals surface area contributed by atoms with Gasteiger partial charge in [-0.05, 0) is 13.0 Å². The van der Waals surface area contributed by atoms with Gasteiger partial charge in [0.15, 0.2) is 0 Å². The Labute approximate surface area is 114 Å². The molecule has 3 aromatic rings. The van der Waals surface area contributed by atoms with Gasteiger partial charge in [-0.25, -0.2) is 0 Å². The van der Waals surface area contributed by atoms with Gasteiger partial charge >= 0.3 is 5.97 Å². The molecule has 6 nitrogen and oxygen atoms in total. The highest BCUT2D eigenvalue weighted by molar-refractivity contribution is 5.95. The van der Waals surface area contributed by atoms with Gasteiger partial charge in [-0.1, -0.05) is 18.2 Å². The minimum atomic E-state index is -0.881. The lowest BCUT2D eigenvalue weighted by molar-refractivity contribution is -0.137. The summed E-state index contributed by atoms with van der Waals surface area (Å²) in [6.07, 6.45) is 0.220. The van der Waals surface area contributed by atoms with Crippen LogP contribution in [-0.2, 0) is 11.2 Å². The van der Waals surface area contributed by atoms with Gasteiger partial charge in [-0.15, -0.1) is 10.2 Å². The fourth-order valence-corrected chi connectivity index (χ4v) is 2.22. The number of carboxylic acid groups (broad SMARTS) is 1. The number of fused-ring (bicyclic) bond motifs is 1. The van der Waals surface area contributed by atoms with E-state index in [0.29, 0.717) is 11.8 Å². The zero-order valence-electron chi connectivity index (χ0n) is 10.9. The highest BCUT2D eigenvalue weighted by Crippen LogP contribution is 2.31. The van der Waals surface area contributed by atoms with Crippen LogP contribution in [0.4, 0.5) is 0 Å². The summed E-state index contributed by atoms with van der Waals surface area (Å²) in [4.78, 5) is 13.8. The maximum atomic E-state index is 10.5. The topological polar surface area (TPSA) is 92.0 Å². The molecule has 0 saturated carbocycles. The molecule has 0 radical (unpaired) electrons. The number of carboxylic acids is 1. The van der Waals surface area contributed by atoms with Crippen LogP contribution in [0.25, 0.3) is 22.4 Å². The number of aliphatic carboxylic acids is 1. The number of nitrogens with zero attached hydrogens (tertiary/aromatic N) is 2. The summed E-state index contributed by atoms with van der Waals surface area (Å²) >= 11 is 0. The Morgan fingerprint density at radius 3 is 2.95 bits per heavy atom. The number of nitrogens with one attached hydrogen (secondary N) is 1. The Morgan fingerprint density at radius 1 is 1.35 bits per heavy atom. The Hall–Kier alpha value is -2.63. The average Bonchev–Trinajstić information content (AvgIpc) is 2.99. The van der Waals surface area contributed by atoms with E-state index in [1.54, 1.807) is 0 Å². The standard InChI is InChI=1S/C14H13N3O3/c1-8-13(9-4-2-3-5-10(9)15-8)14-17-16-11(20-14)6-7-12(18)19/h2-5,15H,6-7H2,1H3,(H,18,19). The highest BCUT2D eigenvalue weighted by atomic mass is 16.4. The summed E-state index contributed by atoms with van der Waals surface area (Å²) in [5.74, 6) is -0.125. The van der Waals surface area contributed by atoms with Gasteiger partial charge in [-0.3, -0.25) is 4.79 Å². The summed E-state index contributed by atoms with van der Waals surface area (Å²) in [5.41, 5.74) is 2.82. The molecule has 0 aliphatic heterocycles. The maximum absolute atomic E-state index is 10.5. The molecule has 6 heteroatoms. The Bertz CT molecular complexity index is 773. The van der Waals surface area contributed by atoms with Crippen molar-refractivity contribution in [3.63, 3.8) is 0 Å². The number of rotatable bonds is 4. The molecule has 0 fully saturated rings. The first-order chi connectivity index (χ1) is 9.65. The Morgan fingerprint density at radius 2 is 2.15 bits per heavy atom. The molecule has 0 unspecified atom stereocenters. The molecule has 0 amide bonds. The van der Waals surface area contributed by atoms with E-state index in [1.807, 2.05) is 31.2 Å². The van der Waals surface area contributed by atoms with Crippen molar-refractivity contribution in [1.29, 1.82) is 0 Å². The third-order valence-electron chi connectivity index (χ3n) is 3.13. The van der Waals surface area contributed by atoms with E-state index in [9.17, 15) is 4.79 Å². The number of aromatic nitrogens is 3. The summed E-state index contributed by atoms with van der Waals surface area (Å²) < 4.78 is 5.56. The van der Waals surface area contributed by atoms with E-state index in [-0.39, 0.29) is 12.8 Å². The van der Waals surface area contributed by atoms with E-state index < -0.39 is 5.97 Å². The van der Waals surface area contributed by atoms with Crippen LogP contribution in [-0.4, -0.2) is 26.3 Å². The van der Waals surface area contributed by atoms with Gasteiger partial charge in [0, 0.05) is 23.0 Å². The first kappa shape index (κ1) is 12.4. The van der Waals surface area contributed by atoms with Crippen LogP contribution in [0, 0.1) is 6.92 Å². The molecule has 0 aliphatic carbocycles. The van der Waals surface area contributed by atoms with Crippen LogP contribution in [0.2, 0.25) is 0 Å². The molecule has 102 valence electrons. The lowest BCUT2D eigenvalue weighted by atomic mass is 10.1. The van der Waals surface area contributed by atoms with Crippen LogP contribution >= 0.6 is 0 Å². The number of hydrogen-bond donors (Lipinski definition) is 2. The molecule has 0 aliphatic rings. The van der Waals surface area contributed by atoms with Crippen molar-refractivity contribution in [3.8, 4) is 11.5 Å². The van der Waals surface area contributed by atoms with Crippen molar-refractivity contribution in [3.05, 3.63) is 35.9 Å². The fraction of sp³-hybridized carbons (Fsp3) is 0.214. The number of benzene rings is 1. The number of hydrogen-bond acceptors (Lipinski definition) is 4. The monoisotopic (exact) mass is 271 g/mol. The summed E-state index contributed by atoms with van der Waals surface area (Å²) in [7, 11) is 0. The maximum Gasteiger partial charge on any atom is 0.303 e. The Kier molecular flexibility index (Phi) is 2.98. The molecule has 2 N–H and O–H groups in total. The molecule has 1 aromatic carbocycles. The van der Waals surface area contributed by atoms with E-state index in [2.05, 4.69) is 15.2 Å². The number of para-hydroxylation sites is 1. The van der Waals surface area contributed by atoms with E-state index >= 15 is 0 Å². The molecule has 0 atom stereocenters. The second kappa shape index (κ2) is 4.80. The SMILES string of the molecule is Cc1[nH]c2ccccc2c1-c1nnc(CCC(=O)O)o1. The second-order valence-corrected chi connectivity index (χ2v) is 4.57. The van der Waals surface area contributed by atoms with Gasteiger partial charge in [0.1, 0.15) is 0 Å². The Balaban J connectivity index is 1.99. The zero-order valence-corrected chi connectivity index (χ0v) is 10.9. The van der Waals surface area contributed by atoms with Gasteiger partial charge < -0.3 is 14.5 Å². The largest absolute Gasteiger partial charge is 0.481 e. The summed E-state index contributed by atoms with van der Waals surface area (Å²) in [6.45, 7) is 1.94. The number of H-pyrrole nitrogens is 1. The van der Waals surface area contributed by atoms with Crippen molar-refractivity contribution in [2.24, 2.45) is 0 Å². The number of aromatic amines is 1. The first-order valence-electron chi connectivity index (χ1n) is 6.27. The minimum absolute atomic E-state index is 0.0193. The fourth-order valence-electron chi connectivity index (χ4n) is 2.22. The lowest BCUT2D eigenvalue weighted by Gasteiger charge is -1.94. The molecule has 3 rings (SSSR count). The molecule has 20 heavy (non-hydrogen) atoms. The number of carbonyl (C=O) groups is 1. The van der Waals surface area contributed by atoms with Crippen LogP contribution in [0.3, 0.4) is 0 Å². The minimum Gasteiger partial charge on any atom is -0.481 e. The van der Waals surface area contributed by atoms with Crippen LogP contribution < -0.4 is 0 Å². The summed E-state index contributed by atoms with van der Waals surface area (Å²) in [6, 6.07) is 7.86. The first-order valence-corrected chi connectivity index (χ1v) is 6.27. The average molecular weight is 271 g/mol. The second-order valence-electron chi connectivity index (χ2n) is 4.57. The lowest BCUT2D eigenvalue weighted by Crippen LogP contribution is -1.97. The highest BCUT2D eigenvalue weighted by Gasteiger charge is 2.16. The smallest absolute Gasteiger partial charge is 0.303 e. The zero-order chi connectivity index (χ0) is 14.1. The van der Waals surface area contributed by atoms with Crippen LogP contribution in [0.1, 0.15) is 18.0 Å². The van der Waals surface area contributed by atoms with Crippen molar-refractivity contribution in [2.45, 2.75) is 19.8 Å². The quantitative estimate of drug-likeness (QED) is 0.760. The van der Waals surface area contributed by atoms with Crippen molar-refractivity contribution in [2.75, 3.05) is 0 Å². The third kappa shape index (κ3) is 2.16. The van der Waals surface area contributed by atoms with Crippen LogP contribution in [0.5, 0.6) is 0 Å². The molecular weight excluding hydrogens is 258 g/mol. The predicted molar refractivity (Wildman–Crippen MR) is 72.3 cm³/mol. The molecule has 0 saturated heterocycles. The van der Waals surface area contributed by atoms with E-state index in [1.165, 1.54) is 0 Å². The van der Waals surface area contributed by atoms with Crippen LogP contribution in [0.15, 0.2) is 28.7 Å². The van der Waals surface area contributed by atoms with E-state index in [4.69, 9.17) is 9.52 Å². The van der Waals surface area contributed by atoms with E-state index in [0.717, 1.165) is 22.2 Å². The van der Waals surface area contributed by atoms with Gasteiger partial charge in [0.2, 0.25) is 11.8 Å². The van der Waals surface area contributed by atoms with Gasteiger partial charge in [0.25, 0.3) is 0 Å². The molecule has 0 bridgehead atoms. The van der Waals surface area contributed by atoms with Crippen molar-refractivity contribution < 1.29 is 14.3 Å².